The predicted molar refractivity (Wildman–Crippen MR) is 260 cm³/mol. The summed E-state index contributed by atoms with van der Waals surface area (Å²) in [7, 11) is 0. The van der Waals surface area contributed by atoms with Crippen molar-refractivity contribution in [1.82, 2.24) is 0 Å². The number of rotatable bonds is 4. The van der Waals surface area contributed by atoms with Gasteiger partial charge >= 0.3 is 0 Å². The highest BCUT2D eigenvalue weighted by Crippen LogP contribution is 2.36. The first-order valence-corrected chi connectivity index (χ1v) is 26.3. The lowest BCUT2D eigenvalue weighted by atomic mass is 9.78. The van der Waals surface area contributed by atoms with E-state index in [2.05, 4.69) is 111 Å². The lowest BCUT2D eigenvalue weighted by Crippen LogP contribution is -2.16. The van der Waals surface area contributed by atoms with Crippen LogP contribution in [-0.2, 0) is 0 Å². The van der Waals surface area contributed by atoms with E-state index in [1.54, 1.807) is 0 Å². The molecular formula is C56H114. The molecule has 7 aliphatic carbocycles. The molecular weight excluding hydrogens is 673 g/mol. The molecule has 7 aliphatic rings. The van der Waals surface area contributed by atoms with Crippen LogP contribution in [0.4, 0.5) is 0 Å². The Bertz CT molecular complexity index is 789. The molecule has 0 bridgehead atoms. The Balaban J connectivity index is 0.000000617. The quantitative estimate of drug-likeness (QED) is 0.266. The van der Waals surface area contributed by atoms with Gasteiger partial charge in [0.2, 0.25) is 0 Å². The van der Waals surface area contributed by atoms with Crippen LogP contribution in [0.25, 0.3) is 0 Å². The van der Waals surface area contributed by atoms with Gasteiger partial charge in [0.15, 0.2) is 0 Å². The second-order valence-corrected chi connectivity index (χ2v) is 23.6. The van der Waals surface area contributed by atoms with Gasteiger partial charge in [-0.15, -0.1) is 0 Å². The third-order valence-corrected chi connectivity index (χ3v) is 15.9. The minimum absolute atomic E-state index is 0.500. The maximum absolute atomic E-state index is 2.36. The Kier molecular flexibility index (Phi) is 32.7. The van der Waals surface area contributed by atoms with E-state index >= 15 is 0 Å². The number of hydrogen-bond acceptors (Lipinski definition) is 0. The van der Waals surface area contributed by atoms with Crippen molar-refractivity contribution < 1.29 is 0 Å². The molecule has 0 aliphatic heterocycles. The smallest absolute Gasteiger partial charge is 0.0354 e. The van der Waals surface area contributed by atoms with Crippen LogP contribution in [0.1, 0.15) is 291 Å². The lowest BCUT2D eigenvalue weighted by molar-refractivity contribution is 0.235. The summed E-state index contributed by atoms with van der Waals surface area (Å²) >= 11 is 0. The highest BCUT2D eigenvalue weighted by atomic mass is 14.3. The van der Waals surface area contributed by atoms with Gasteiger partial charge < -0.3 is 0 Å². The van der Waals surface area contributed by atoms with E-state index in [-0.39, 0.29) is 0 Å². The molecule has 338 valence electrons. The van der Waals surface area contributed by atoms with Crippen molar-refractivity contribution >= 4 is 0 Å². The summed E-state index contributed by atoms with van der Waals surface area (Å²) in [6.45, 7) is 37.0. The van der Waals surface area contributed by atoms with Crippen LogP contribution in [0.5, 0.6) is 0 Å². The van der Waals surface area contributed by atoms with Crippen LogP contribution >= 0.6 is 0 Å². The van der Waals surface area contributed by atoms with Gasteiger partial charge in [0, 0.05) is 0 Å². The van der Waals surface area contributed by atoms with Gasteiger partial charge in [-0.3, -0.25) is 0 Å². The Morgan fingerprint density at radius 3 is 1.04 bits per heavy atom. The van der Waals surface area contributed by atoms with Crippen molar-refractivity contribution in [3.8, 4) is 0 Å². The molecule has 0 N–H and O–H groups in total. The van der Waals surface area contributed by atoms with Gasteiger partial charge in [-0.05, 0) is 89.3 Å². The summed E-state index contributed by atoms with van der Waals surface area (Å²) in [5.41, 5.74) is 1.19. The van der Waals surface area contributed by atoms with Gasteiger partial charge in [0.25, 0.3) is 0 Å². The molecule has 0 radical (unpaired) electrons. The van der Waals surface area contributed by atoms with Crippen molar-refractivity contribution in [2.75, 3.05) is 0 Å². The van der Waals surface area contributed by atoms with Gasteiger partial charge in [0.1, 0.15) is 0 Å². The van der Waals surface area contributed by atoms with Crippen LogP contribution < -0.4 is 0 Å². The normalized spacial score (nSPS) is 27.3. The molecule has 0 amide bonds. The summed E-state index contributed by atoms with van der Waals surface area (Å²) in [6, 6.07) is 0. The van der Waals surface area contributed by atoms with Crippen LogP contribution in [0.2, 0.25) is 0 Å². The lowest BCUT2D eigenvalue weighted by Gasteiger charge is -2.28. The topological polar surface area (TPSA) is 0 Å². The molecule has 7 rings (SSSR count). The fourth-order valence-corrected chi connectivity index (χ4v) is 9.18. The average molecular weight is 788 g/mol. The maximum Gasteiger partial charge on any atom is -0.0354 e. The molecule has 0 spiro atoms. The first-order valence-electron chi connectivity index (χ1n) is 26.3. The van der Waals surface area contributed by atoms with E-state index in [4.69, 9.17) is 0 Å². The molecule has 0 aromatic heterocycles. The molecule has 0 heteroatoms. The molecule has 0 aromatic carbocycles. The molecule has 0 aromatic rings. The maximum atomic E-state index is 2.36. The summed E-state index contributed by atoms with van der Waals surface area (Å²) in [5, 5.41) is 0. The first-order chi connectivity index (χ1) is 26.3. The van der Waals surface area contributed by atoms with Crippen LogP contribution in [0.15, 0.2) is 0 Å². The molecule has 7 fully saturated rings. The zero-order valence-electron chi connectivity index (χ0n) is 42.6. The fraction of sp³-hybridized carbons (Fsp3) is 1.00. The molecule has 56 heavy (non-hydrogen) atoms. The molecule has 7 saturated carbocycles. The standard InChI is InChI=1S/7C7H14.C7H16/c1-6-3-4-7(2)5-6;1-7(2)5-3-4-6-7;1-6-4-3-5-7(6)2;1-6(2)7-4-3-5-7;1-7-5-3-2-4-6-7;1-2-7-5-3-4-6-7;1-2-4-7-5-3-6-7;1-6(2)7(3,4)5/h6-7H,3-5H2,1-2H3;3-6H2,1-2H3;2*6-7H,3-5H2,1-2H3;3*7H,2-6H2,1H3;6H,1-5H3/t6-,7?;;6-,7?;;;;;/m1.1...../s1. The Morgan fingerprint density at radius 1 is 0.482 bits per heavy atom. The van der Waals surface area contributed by atoms with E-state index < -0.39 is 0 Å². The van der Waals surface area contributed by atoms with Gasteiger partial charge in [-0.1, -0.05) is 271 Å². The van der Waals surface area contributed by atoms with Crippen molar-refractivity contribution in [2.45, 2.75) is 291 Å². The third kappa shape index (κ3) is 31.0. The summed E-state index contributed by atoms with van der Waals surface area (Å²) in [5.74, 6) is 10.2. The highest BCUT2D eigenvalue weighted by molar-refractivity contribution is 4.75. The second kappa shape index (κ2) is 32.7. The van der Waals surface area contributed by atoms with E-state index in [1.165, 1.54) is 180 Å². The largest absolute Gasteiger partial charge is 0.0654 e. The molecule has 0 nitrogen and oxygen atoms in total. The molecule has 0 saturated heterocycles. The van der Waals surface area contributed by atoms with E-state index in [0.29, 0.717) is 10.8 Å². The van der Waals surface area contributed by atoms with Gasteiger partial charge in [0.05, 0.1) is 0 Å². The van der Waals surface area contributed by atoms with Crippen molar-refractivity contribution in [2.24, 2.45) is 70.0 Å². The minimum atomic E-state index is 0.500. The SMILES string of the molecule is CC(C)C(C)(C)C.CC(C)C1CCC1.CC1(C)CCCC1.CC1CCCCC1.CC1CCC[C@H]1C.CC1CC[C@@H](C)C1.CCC1CCCC1.CCCC1CCC1. The molecule has 4 atom stereocenters. The van der Waals surface area contributed by atoms with Crippen molar-refractivity contribution in [3.63, 3.8) is 0 Å². The average Bonchev–Trinajstić information content (AvgIpc) is 3.91. The monoisotopic (exact) mass is 787 g/mol. The highest BCUT2D eigenvalue weighted by Gasteiger charge is 2.22. The molecule has 0 heterocycles. The van der Waals surface area contributed by atoms with Crippen molar-refractivity contribution in [3.05, 3.63) is 0 Å². The van der Waals surface area contributed by atoms with E-state index in [9.17, 15) is 0 Å². The van der Waals surface area contributed by atoms with Crippen LogP contribution in [0, 0.1) is 70.0 Å². The van der Waals surface area contributed by atoms with E-state index in [1.807, 2.05) is 0 Å². The summed E-state index contributed by atoms with van der Waals surface area (Å²) < 4.78 is 0. The van der Waals surface area contributed by atoms with Gasteiger partial charge in [-0.25, -0.2) is 0 Å². The first kappa shape index (κ1) is 56.0. The third-order valence-electron chi connectivity index (χ3n) is 15.9. The Morgan fingerprint density at radius 2 is 0.893 bits per heavy atom. The van der Waals surface area contributed by atoms with Crippen LogP contribution in [0.3, 0.4) is 0 Å². The Hall–Kier alpha value is 0. The zero-order chi connectivity index (χ0) is 42.6. The van der Waals surface area contributed by atoms with Crippen molar-refractivity contribution in [1.29, 1.82) is 0 Å². The van der Waals surface area contributed by atoms with E-state index in [0.717, 1.165) is 59.2 Å². The van der Waals surface area contributed by atoms with Crippen LogP contribution in [-0.4, -0.2) is 0 Å². The zero-order valence-corrected chi connectivity index (χ0v) is 42.6. The second-order valence-electron chi connectivity index (χ2n) is 23.6. The molecule has 2 unspecified atom stereocenters. The summed E-state index contributed by atoms with van der Waals surface area (Å²) in [6.07, 6.45) is 41.5. The Labute approximate surface area is 359 Å². The minimum Gasteiger partial charge on any atom is -0.0654 e. The fourth-order valence-electron chi connectivity index (χ4n) is 9.18. The van der Waals surface area contributed by atoms with Gasteiger partial charge in [-0.2, -0.15) is 0 Å². The predicted octanol–water partition coefficient (Wildman–Crippen LogP) is 20.4. The number of hydrogen-bond donors (Lipinski definition) is 0. The summed E-state index contributed by atoms with van der Waals surface area (Å²) in [4.78, 5) is 0.